The van der Waals surface area contributed by atoms with Crippen LogP contribution in [-0.4, -0.2) is 46.8 Å². The van der Waals surface area contributed by atoms with Crippen molar-refractivity contribution in [3.8, 4) is 0 Å². The minimum atomic E-state index is -0.266. The van der Waals surface area contributed by atoms with Crippen LogP contribution in [0.4, 0.5) is 10.2 Å². The number of carbonyl (C=O) groups is 1. The summed E-state index contributed by atoms with van der Waals surface area (Å²) in [6.45, 7) is 4.00. The average Bonchev–Trinajstić information content (AvgIpc) is 2.85. The highest BCUT2D eigenvalue weighted by Gasteiger charge is 2.23. The fourth-order valence-corrected chi connectivity index (χ4v) is 2.84. The van der Waals surface area contributed by atoms with Crippen molar-refractivity contribution in [3.05, 3.63) is 47.4 Å². The number of morpholine rings is 1. The first-order valence-corrected chi connectivity index (χ1v) is 7.91. The summed E-state index contributed by atoms with van der Waals surface area (Å²) in [5.74, 6) is 0.330. The third-order valence-electron chi connectivity index (χ3n) is 4.03. The summed E-state index contributed by atoms with van der Waals surface area (Å²) in [5, 5.41) is 7.08. The van der Waals surface area contributed by atoms with Gasteiger partial charge in [-0.1, -0.05) is 12.1 Å². The summed E-state index contributed by atoms with van der Waals surface area (Å²) in [4.78, 5) is 14.3. The smallest absolute Gasteiger partial charge is 0.239 e. The van der Waals surface area contributed by atoms with Crippen molar-refractivity contribution < 1.29 is 13.9 Å². The predicted molar refractivity (Wildman–Crippen MR) is 88.1 cm³/mol. The van der Waals surface area contributed by atoms with Gasteiger partial charge in [-0.15, -0.1) is 0 Å². The lowest BCUT2D eigenvalue weighted by Crippen LogP contribution is -2.42. The van der Waals surface area contributed by atoms with E-state index in [9.17, 15) is 9.18 Å². The maximum atomic E-state index is 13.0. The van der Waals surface area contributed by atoms with Gasteiger partial charge >= 0.3 is 0 Å². The Morgan fingerprint density at radius 2 is 2.17 bits per heavy atom. The molecule has 0 saturated carbocycles. The van der Waals surface area contributed by atoms with E-state index in [2.05, 4.69) is 10.4 Å². The number of aromatic nitrogens is 2. The van der Waals surface area contributed by atoms with E-state index in [0.717, 1.165) is 11.3 Å². The normalized spacial score (nSPS) is 18.5. The van der Waals surface area contributed by atoms with Gasteiger partial charge in [-0.25, -0.2) is 4.39 Å². The van der Waals surface area contributed by atoms with E-state index in [1.165, 1.54) is 12.1 Å². The number of halogens is 1. The van der Waals surface area contributed by atoms with E-state index in [1.54, 1.807) is 23.9 Å². The lowest BCUT2D eigenvalue weighted by Gasteiger charge is -2.32. The molecule has 1 aliphatic rings. The number of hydrogen-bond acceptors (Lipinski definition) is 4. The van der Waals surface area contributed by atoms with Crippen LogP contribution in [-0.2, 0) is 16.6 Å². The molecule has 1 aliphatic heterocycles. The molecule has 1 fully saturated rings. The Morgan fingerprint density at radius 1 is 1.42 bits per heavy atom. The molecular formula is C17H21FN4O2. The quantitative estimate of drug-likeness (QED) is 0.929. The molecule has 0 radical (unpaired) electrons. The maximum absolute atomic E-state index is 13.0. The highest BCUT2D eigenvalue weighted by Crippen LogP contribution is 2.22. The van der Waals surface area contributed by atoms with Gasteiger partial charge in [0.25, 0.3) is 0 Å². The zero-order chi connectivity index (χ0) is 17.1. The van der Waals surface area contributed by atoms with Crippen LogP contribution < -0.4 is 5.32 Å². The molecule has 6 nitrogen and oxygen atoms in total. The molecule has 1 aromatic heterocycles. The second-order valence-corrected chi connectivity index (χ2v) is 5.99. The summed E-state index contributed by atoms with van der Waals surface area (Å²) in [6.07, 6.45) is -0.147. The van der Waals surface area contributed by atoms with Gasteiger partial charge < -0.3 is 10.1 Å². The molecule has 24 heavy (non-hydrogen) atoms. The number of nitrogens with one attached hydrogen (secondary N) is 1. The number of ether oxygens (including phenoxy) is 1. The standard InChI is InChI=1S/C17H21FN4O2/c1-12-9-16(21(2)20-12)19-17(23)11-22-7-8-24-15(10-22)13-3-5-14(18)6-4-13/h3-6,9,15H,7-8,10-11H2,1-2H3,(H,19,23)/t15-/m1/s1. The number of carbonyl (C=O) groups excluding carboxylic acids is 1. The summed E-state index contributed by atoms with van der Waals surface area (Å²) in [7, 11) is 1.79. The molecule has 0 bridgehead atoms. The molecule has 1 amide bonds. The highest BCUT2D eigenvalue weighted by atomic mass is 19.1. The van der Waals surface area contributed by atoms with Gasteiger partial charge in [-0.3, -0.25) is 14.4 Å². The van der Waals surface area contributed by atoms with Crippen molar-refractivity contribution in [2.45, 2.75) is 13.0 Å². The van der Waals surface area contributed by atoms with Gasteiger partial charge in [0, 0.05) is 26.2 Å². The van der Waals surface area contributed by atoms with Crippen molar-refractivity contribution in [2.24, 2.45) is 7.05 Å². The summed E-state index contributed by atoms with van der Waals surface area (Å²) in [6, 6.07) is 8.13. The molecule has 1 N–H and O–H groups in total. The number of rotatable bonds is 4. The lowest BCUT2D eigenvalue weighted by atomic mass is 10.1. The minimum absolute atomic E-state index is 0.0854. The van der Waals surface area contributed by atoms with Gasteiger partial charge in [0.2, 0.25) is 5.91 Å². The Hall–Kier alpha value is -2.25. The second kappa shape index (κ2) is 7.11. The van der Waals surface area contributed by atoms with Crippen LogP contribution in [0.15, 0.2) is 30.3 Å². The maximum Gasteiger partial charge on any atom is 0.239 e. The number of anilines is 1. The monoisotopic (exact) mass is 332 g/mol. The van der Waals surface area contributed by atoms with Crippen molar-refractivity contribution in [2.75, 3.05) is 31.6 Å². The molecular weight excluding hydrogens is 311 g/mol. The topological polar surface area (TPSA) is 59.4 Å². The molecule has 1 aromatic carbocycles. The Bertz CT molecular complexity index is 714. The average molecular weight is 332 g/mol. The Labute approximate surface area is 140 Å². The van der Waals surface area contributed by atoms with Crippen LogP contribution in [0.2, 0.25) is 0 Å². The molecule has 2 aromatic rings. The highest BCUT2D eigenvalue weighted by molar-refractivity contribution is 5.91. The van der Waals surface area contributed by atoms with Gasteiger partial charge in [-0.2, -0.15) is 5.10 Å². The lowest BCUT2D eigenvalue weighted by molar-refractivity contribution is -0.119. The molecule has 7 heteroatoms. The fourth-order valence-electron chi connectivity index (χ4n) is 2.84. The van der Waals surface area contributed by atoms with E-state index in [0.29, 0.717) is 25.5 Å². The van der Waals surface area contributed by atoms with Gasteiger partial charge in [-0.05, 0) is 24.6 Å². The molecule has 1 atom stereocenters. The Morgan fingerprint density at radius 3 is 2.83 bits per heavy atom. The van der Waals surface area contributed by atoms with Crippen LogP contribution in [0, 0.1) is 12.7 Å². The molecule has 0 unspecified atom stereocenters. The summed E-state index contributed by atoms with van der Waals surface area (Å²) >= 11 is 0. The predicted octanol–water partition coefficient (Wildman–Crippen LogP) is 1.88. The largest absolute Gasteiger partial charge is 0.371 e. The van der Waals surface area contributed by atoms with Crippen LogP contribution >= 0.6 is 0 Å². The van der Waals surface area contributed by atoms with Crippen LogP contribution in [0.3, 0.4) is 0 Å². The third kappa shape index (κ3) is 3.98. The van der Waals surface area contributed by atoms with Gasteiger partial charge in [0.05, 0.1) is 24.9 Å². The Balaban J connectivity index is 1.57. The minimum Gasteiger partial charge on any atom is -0.371 e. The third-order valence-corrected chi connectivity index (χ3v) is 4.03. The van der Waals surface area contributed by atoms with Crippen LogP contribution in [0.25, 0.3) is 0 Å². The second-order valence-electron chi connectivity index (χ2n) is 5.99. The van der Waals surface area contributed by atoms with E-state index in [1.807, 2.05) is 17.9 Å². The van der Waals surface area contributed by atoms with E-state index >= 15 is 0 Å². The molecule has 3 rings (SSSR count). The molecule has 0 spiro atoms. The first kappa shape index (κ1) is 16.6. The Kier molecular flexibility index (Phi) is 4.92. The van der Waals surface area contributed by atoms with Crippen LogP contribution in [0.1, 0.15) is 17.4 Å². The van der Waals surface area contributed by atoms with Gasteiger partial charge in [0.15, 0.2) is 0 Å². The number of nitrogens with zero attached hydrogens (tertiary/aromatic N) is 3. The summed E-state index contributed by atoms with van der Waals surface area (Å²) in [5.41, 5.74) is 1.78. The van der Waals surface area contributed by atoms with Crippen molar-refractivity contribution in [1.82, 2.24) is 14.7 Å². The zero-order valence-electron chi connectivity index (χ0n) is 13.8. The van der Waals surface area contributed by atoms with E-state index in [4.69, 9.17) is 4.74 Å². The number of aryl methyl sites for hydroxylation is 2. The zero-order valence-corrected chi connectivity index (χ0v) is 13.8. The fraction of sp³-hybridized carbons (Fsp3) is 0.412. The summed E-state index contributed by atoms with van der Waals surface area (Å²) < 4.78 is 20.4. The number of hydrogen-bond donors (Lipinski definition) is 1. The first-order chi connectivity index (χ1) is 11.5. The SMILES string of the molecule is Cc1cc(NC(=O)CN2CCO[C@@H](c3ccc(F)cc3)C2)n(C)n1. The number of benzene rings is 1. The van der Waals surface area contributed by atoms with E-state index in [-0.39, 0.29) is 24.4 Å². The van der Waals surface area contributed by atoms with Crippen molar-refractivity contribution >= 4 is 11.7 Å². The van der Waals surface area contributed by atoms with Crippen LogP contribution in [0.5, 0.6) is 0 Å². The molecule has 128 valence electrons. The molecule has 1 saturated heterocycles. The first-order valence-electron chi connectivity index (χ1n) is 7.91. The molecule has 2 heterocycles. The van der Waals surface area contributed by atoms with Crippen molar-refractivity contribution in [3.63, 3.8) is 0 Å². The van der Waals surface area contributed by atoms with Crippen molar-refractivity contribution in [1.29, 1.82) is 0 Å². The van der Waals surface area contributed by atoms with E-state index < -0.39 is 0 Å². The van der Waals surface area contributed by atoms with Gasteiger partial charge in [0.1, 0.15) is 11.6 Å². The number of amides is 1. The molecule has 0 aliphatic carbocycles.